The third kappa shape index (κ3) is 1.70. The highest BCUT2D eigenvalue weighted by Gasteiger charge is 2.15. The Morgan fingerprint density at radius 3 is 3.00 bits per heavy atom. The van der Waals surface area contributed by atoms with Gasteiger partial charge in [-0.2, -0.15) is 0 Å². The van der Waals surface area contributed by atoms with E-state index in [1.165, 1.54) is 0 Å². The van der Waals surface area contributed by atoms with Crippen LogP contribution in [0.25, 0.3) is 28.0 Å². The second kappa shape index (κ2) is 4.42. The molecule has 0 fully saturated rings. The Hall–Kier alpha value is -3.15. The van der Waals surface area contributed by atoms with Crippen molar-refractivity contribution in [3.8, 4) is 11.3 Å². The van der Waals surface area contributed by atoms with Crippen LogP contribution in [0.2, 0.25) is 0 Å². The Bertz CT molecular complexity index is 1090. The zero-order chi connectivity index (χ0) is 15.3. The van der Waals surface area contributed by atoms with E-state index in [-0.39, 0.29) is 0 Å². The largest absolute Gasteiger partial charge is 0.417 e. The summed E-state index contributed by atoms with van der Waals surface area (Å²) in [6.45, 7) is 1.94. The summed E-state index contributed by atoms with van der Waals surface area (Å²) in [7, 11) is 0. The van der Waals surface area contributed by atoms with E-state index in [4.69, 9.17) is 4.42 Å². The minimum absolute atomic E-state index is 0.438. The molecule has 0 bridgehead atoms. The van der Waals surface area contributed by atoms with Crippen molar-refractivity contribution in [2.75, 3.05) is 0 Å². The number of oxazole rings is 1. The molecule has 0 aliphatic rings. The number of aromatic amines is 1. The molecule has 0 amide bonds. The number of carbonyl (C=O) groups is 1. The quantitative estimate of drug-likeness (QED) is 0.576. The molecular weight excluding hydrogens is 282 g/mol. The molecule has 1 N–H and O–H groups in total. The fourth-order valence-electron chi connectivity index (χ4n) is 2.64. The highest BCUT2D eigenvalue weighted by Crippen LogP contribution is 2.27. The summed E-state index contributed by atoms with van der Waals surface area (Å²) in [6, 6.07) is 9.06. The Kier molecular flexibility index (Phi) is 2.53. The first-order valence-electron chi connectivity index (χ1n) is 6.73. The second-order valence-corrected chi connectivity index (χ2v) is 5.07. The lowest BCUT2D eigenvalue weighted by molar-refractivity contribution is 0.111. The van der Waals surface area contributed by atoms with Crippen molar-refractivity contribution >= 4 is 23.0 Å². The van der Waals surface area contributed by atoms with Crippen LogP contribution in [0.3, 0.4) is 0 Å². The molecule has 0 unspecified atom stereocenters. The van der Waals surface area contributed by atoms with Gasteiger partial charge in [0, 0.05) is 11.8 Å². The van der Waals surface area contributed by atoms with E-state index in [2.05, 4.69) is 9.97 Å². The SMILES string of the molecule is Cc1cccn2c(C=O)c(-c3ccc4[nH]c(=O)oc4c3)nc12. The Balaban J connectivity index is 2.04. The number of aldehydes is 1. The molecular formula is C16H11N3O3. The van der Waals surface area contributed by atoms with E-state index < -0.39 is 5.76 Å². The van der Waals surface area contributed by atoms with Gasteiger partial charge in [-0.25, -0.2) is 9.78 Å². The fourth-order valence-corrected chi connectivity index (χ4v) is 2.64. The number of carbonyl (C=O) groups excluding carboxylic acids is 1. The van der Waals surface area contributed by atoms with Crippen LogP contribution in [-0.4, -0.2) is 20.7 Å². The van der Waals surface area contributed by atoms with E-state index in [0.29, 0.717) is 22.5 Å². The molecule has 0 radical (unpaired) electrons. The summed E-state index contributed by atoms with van der Waals surface area (Å²) < 4.78 is 6.83. The average Bonchev–Trinajstić information content (AvgIpc) is 3.06. The maximum atomic E-state index is 11.5. The maximum Gasteiger partial charge on any atom is 0.417 e. The molecule has 1 aromatic carbocycles. The van der Waals surface area contributed by atoms with E-state index in [1.807, 2.05) is 19.1 Å². The molecule has 0 saturated carbocycles. The number of hydrogen-bond acceptors (Lipinski definition) is 4. The summed E-state index contributed by atoms with van der Waals surface area (Å²) in [4.78, 5) is 29.9. The number of rotatable bonds is 2. The van der Waals surface area contributed by atoms with Crippen molar-refractivity contribution in [1.29, 1.82) is 0 Å². The van der Waals surface area contributed by atoms with Crippen LogP contribution in [0.4, 0.5) is 0 Å². The molecule has 6 heteroatoms. The van der Waals surface area contributed by atoms with Crippen LogP contribution in [0.15, 0.2) is 45.7 Å². The smallest absolute Gasteiger partial charge is 0.408 e. The van der Waals surface area contributed by atoms with Gasteiger partial charge in [0.2, 0.25) is 0 Å². The van der Waals surface area contributed by atoms with Crippen molar-refractivity contribution in [3.05, 3.63) is 58.3 Å². The first-order chi connectivity index (χ1) is 10.7. The average molecular weight is 293 g/mol. The lowest BCUT2D eigenvalue weighted by Crippen LogP contribution is -1.92. The molecule has 3 heterocycles. The molecule has 4 aromatic rings. The van der Waals surface area contributed by atoms with Gasteiger partial charge in [-0.1, -0.05) is 12.1 Å². The number of imidazole rings is 1. The highest BCUT2D eigenvalue weighted by molar-refractivity contribution is 5.89. The number of benzene rings is 1. The molecule has 108 valence electrons. The number of pyridine rings is 1. The number of nitrogens with one attached hydrogen (secondary N) is 1. The zero-order valence-corrected chi connectivity index (χ0v) is 11.7. The van der Waals surface area contributed by atoms with E-state index in [1.54, 1.807) is 28.8 Å². The van der Waals surface area contributed by atoms with Gasteiger partial charge < -0.3 is 4.42 Å². The number of H-pyrrole nitrogens is 1. The molecule has 0 aliphatic carbocycles. The first kappa shape index (κ1) is 12.6. The normalized spacial score (nSPS) is 11.3. The van der Waals surface area contributed by atoms with Crippen LogP contribution < -0.4 is 5.76 Å². The van der Waals surface area contributed by atoms with Crippen molar-refractivity contribution in [2.45, 2.75) is 6.92 Å². The zero-order valence-electron chi connectivity index (χ0n) is 11.7. The molecule has 6 nitrogen and oxygen atoms in total. The van der Waals surface area contributed by atoms with E-state index in [9.17, 15) is 9.59 Å². The summed E-state index contributed by atoms with van der Waals surface area (Å²) in [6.07, 6.45) is 2.59. The lowest BCUT2D eigenvalue weighted by atomic mass is 10.1. The van der Waals surface area contributed by atoms with Crippen LogP contribution in [0, 0.1) is 6.92 Å². The van der Waals surface area contributed by atoms with Crippen LogP contribution in [0.1, 0.15) is 16.1 Å². The minimum atomic E-state index is -0.506. The third-order valence-electron chi connectivity index (χ3n) is 3.69. The number of hydrogen-bond donors (Lipinski definition) is 1. The van der Waals surface area contributed by atoms with Crippen LogP contribution in [-0.2, 0) is 0 Å². The molecule has 0 spiro atoms. The van der Waals surface area contributed by atoms with Gasteiger partial charge in [-0.05, 0) is 30.7 Å². The van der Waals surface area contributed by atoms with Gasteiger partial charge in [0.1, 0.15) is 17.0 Å². The predicted molar refractivity (Wildman–Crippen MR) is 81.1 cm³/mol. The van der Waals surface area contributed by atoms with Gasteiger partial charge in [0.05, 0.1) is 5.52 Å². The predicted octanol–water partition coefficient (Wildman–Crippen LogP) is 2.56. The third-order valence-corrected chi connectivity index (χ3v) is 3.69. The van der Waals surface area contributed by atoms with Crippen molar-refractivity contribution in [3.63, 3.8) is 0 Å². The molecule has 0 atom stereocenters. The minimum Gasteiger partial charge on any atom is -0.408 e. The monoisotopic (exact) mass is 293 g/mol. The van der Waals surface area contributed by atoms with Gasteiger partial charge in [-0.3, -0.25) is 14.2 Å². The lowest BCUT2D eigenvalue weighted by Gasteiger charge is -1.99. The van der Waals surface area contributed by atoms with Gasteiger partial charge >= 0.3 is 5.76 Å². The molecule has 3 aromatic heterocycles. The fraction of sp³-hybridized carbons (Fsp3) is 0.0625. The van der Waals surface area contributed by atoms with Crippen molar-refractivity contribution in [2.24, 2.45) is 0 Å². The van der Waals surface area contributed by atoms with Gasteiger partial charge in [0.15, 0.2) is 11.9 Å². The molecule has 0 aliphatic heterocycles. The summed E-state index contributed by atoms with van der Waals surface area (Å²) in [5, 5.41) is 0. The number of nitrogens with zero attached hydrogens (tertiary/aromatic N) is 2. The number of fused-ring (bicyclic) bond motifs is 2. The summed E-state index contributed by atoms with van der Waals surface area (Å²) in [5.41, 5.74) is 4.52. The van der Waals surface area contributed by atoms with E-state index in [0.717, 1.165) is 23.1 Å². The first-order valence-corrected chi connectivity index (χ1v) is 6.73. The number of aromatic nitrogens is 3. The number of aryl methyl sites for hydroxylation is 1. The van der Waals surface area contributed by atoms with Crippen molar-refractivity contribution < 1.29 is 9.21 Å². The highest BCUT2D eigenvalue weighted by atomic mass is 16.4. The summed E-state index contributed by atoms with van der Waals surface area (Å²) >= 11 is 0. The summed E-state index contributed by atoms with van der Waals surface area (Å²) in [5.74, 6) is -0.506. The topological polar surface area (TPSA) is 80.4 Å². The van der Waals surface area contributed by atoms with Gasteiger partial charge in [-0.15, -0.1) is 0 Å². The molecule has 0 saturated heterocycles. The standard InChI is InChI=1S/C16H11N3O3/c1-9-3-2-6-19-12(8-20)14(18-15(9)19)10-4-5-11-13(7-10)22-16(21)17-11/h2-8H,1H3,(H,17,21). The maximum absolute atomic E-state index is 11.5. The Labute approximate surface area is 124 Å². The van der Waals surface area contributed by atoms with Gasteiger partial charge in [0.25, 0.3) is 0 Å². The Morgan fingerprint density at radius 2 is 2.18 bits per heavy atom. The van der Waals surface area contributed by atoms with Crippen molar-refractivity contribution in [1.82, 2.24) is 14.4 Å². The molecule has 4 rings (SSSR count). The molecule has 22 heavy (non-hydrogen) atoms. The van der Waals surface area contributed by atoms with Crippen LogP contribution >= 0.6 is 0 Å². The van der Waals surface area contributed by atoms with Crippen LogP contribution in [0.5, 0.6) is 0 Å². The second-order valence-electron chi connectivity index (χ2n) is 5.07. The Morgan fingerprint density at radius 1 is 1.32 bits per heavy atom. The van der Waals surface area contributed by atoms with E-state index >= 15 is 0 Å².